The molecule has 0 aromatic heterocycles. The van der Waals surface area contributed by atoms with E-state index >= 15 is 0 Å². The van der Waals surface area contributed by atoms with Crippen LogP contribution in [0.3, 0.4) is 0 Å². The van der Waals surface area contributed by atoms with Gasteiger partial charge in [0.25, 0.3) is 0 Å². The molecule has 0 bridgehead atoms. The molecule has 1 heterocycles. The van der Waals surface area contributed by atoms with Gasteiger partial charge in [0.05, 0.1) is 12.0 Å². The fraction of sp³-hybridized carbons (Fsp3) is 0.350. The Morgan fingerprint density at radius 1 is 1.08 bits per heavy atom. The van der Waals surface area contributed by atoms with Crippen molar-refractivity contribution >= 4 is 17.7 Å². The zero-order valence-electron chi connectivity index (χ0n) is 14.2. The second-order valence-electron chi connectivity index (χ2n) is 6.31. The van der Waals surface area contributed by atoms with Crippen molar-refractivity contribution in [2.24, 2.45) is 0 Å². The Kier molecular flexibility index (Phi) is 5.91. The minimum atomic E-state index is -4.39. The predicted octanol–water partition coefficient (Wildman–Crippen LogP) is 4.95. The zero-order valence-corrected chi connectivity index (χ0v) is 15.0. The number of hydrogen-bond acceptors (Lipinski definition) is 2. The highest BCUT2D eigenvalue weighted by molar-refractivity contribution is 7.99. The lowest BCUT2D eigenvalue weighted by molar-refractivity contribution is -0.138. The minimum absolute atomic E-state index is 0.00455. The summed E-state index contributed by atoms with van der Waals surface area (Å²) < 4.78 is 38.5. The molecule has 2 aromatic rings. The molecule has 1 atom stereocenters. The van der Waals surface area contributed by atoms with Crippen LogP contribution in [-0.4, -0.2) is 29.6 Å². The molecule has 26 heavy (non-hydrogen) atoms. The van der Waals surface area contributed by atoms with Crippen LogP contribution >= 0.6 is 11.8 Å². The zero-order chi connectivity index (χ0) is 18.6. The molecule has 0 N–H and O–H groups in total. The van der Waals surface area contributed by atoms with Crippen molar-refractivity contribution in [1.82, 2.24) is 4.90 Å². The fourth-order valence-electron chi connectivity index (χ4n) is 3.10. The topological polar surface area (TPSA) is 20.3 Å². The van der Waals surface area contributed by atoms with E-state index in [9.17, 15) is 18.0 Å². The van der Waals surface area contributed by atoms with E-state index in [4.69, 9.17) is 0 Å². The van der Waals surface area contributed by atoms with Crippen molar-refractivity contribution in [2.75, 3.05) is 18.8 Å². The summed E-state index contributed by atoms with van der Waals surface area (Å²) in [5.41, 5.74) is 0.948. The third-order valence-electron chi connectivity index (χ3n) is 4.48. The standard InChI is InChI=1S/C20H20F3NOS/c21-20(22,23)17-8-4-5-15(13-17)14-19(25)24-10-9-18(26-12-11-24)16-6-2-1-3-7-16/h1-8,13,18H,9-12,14H2/t18-/m1/s1. The highest BCUT2D eigenvalue weighted by Crippen LogP contribution is 2.34. The van der Waals surface area contributed by atoms with Crippen molar-refractivity contribution < 1.29 is 18.0 Å². The Labute approximate surface area is 155 Å². The molecule has 2 nitrogen and oxygen atoms in total. The van der Waals surface area contributed by atoms with Crippen LogP contribution in [0.15, 0.2) is 54.6 Å². The molecule has 0 unspecified atom stereocenters. The molecular formula is C20H20F3NOS. The fourth-order valence-corrected chi connectivity index (χ4v) is 4.33. The summed E-state index contributed by atoms with van der Waals surface area (Å²) in [7, 11) is 0. The van der Waals surface area contributed by atoms with E-state index in [0.717, 1.165) is 24.3 Å². The molecule has 0 radical (unpaired) electrons. The van der Waals surface area contributed by atoms with Crippen molar-refractivity contribution in [1.29, 1.82) is 0 Å². The summed E-state index contributed by atoms with van der Waals surface area (Å²) in [6.45, 7) is 1.26. The maximum absolute atomic E-state index is 12.8. The quantitative estimate of drug-likeness (QED) is 0.752. The monoisotopic (exact) mass is 379 g/mol. The van der Waals surface area contributed by atoms with Crippen molar-refractivity contribution in [3.05, 3.63) is 71.3 Å². The van der Waals surface area contributed by atoms with Gasteiger partial charge in [-0.05, 0) is 23.6 Å². The highest BCUT2D eigenvalue weighted by atomic mass is 32.2. The van der Waals surface area contributed by atoms with Crippen LogP contribution in [0.4, 0.5) is 13.2 Å². The van der Waals surface area contributed by atoms with E-state index in [-0.39, 0.29) is 12.3 Å². The molecule has 138 valence electrons. The Morgan fingerprint density at radius 2 is 1.85 bits per heavy atom. The molecular weight excluding hydrogens is 359 g/mol. The largest absolute Gasteiger partial charge is 0.416 e. The minimum Gasteiger partial charge on any atom is -0.342 e. The Balaban J connectivity index is 1.62. The molecule has 6 heteroatoms. The first kappa shape index (κ1) is 18.8. The molecule has 2 aromatic carbocycles. The second kappa shape index (κ2) is 8.16. The van der Waals surface area contributed by atoms with Crippen LogP contribution in [0, 0.1) is 0 Å². The second-order valence-corrected chi connectivity index (χ2v) is 7.63. The molecule has 1 aliphatic heterocycles. The maximum atomic E-state index is 12.8. The number of hydrogen-bond donors (Lipinski definition) is 0. The van der Waals surface area contributed by atoms with Gasteiger partial charge in [0.15, 0.2) is 0 Å². The molecule has 1 saturated heterocycles. The first-order chi connectivity index (χ1) is 12.4. The molecule has 0 spiro atoms. The van der Waals surface area contributed by atoms with Crippen LogP contribution in [0.1, 0.15) is 28.4 Å². The molecule has 3 rings (SSSR count). The van der Waals surface area contributed by atoms with Gasteiger partial charge in [-0.3, -0.25) is 4.79 Å². The average Bonchev–Trinajstić information content (AvgIpc) is 2.88. The molecule has 1 aliphatic rings. The van der Waals surface area contributed by atoms with Gasteiger partial charge in [0.1, 0.15) is 0 Å². The normalized spacial score (nSPS) is 18.4. The summed E-state index contributed by atoms with van der Waals surface area (Å²) in [4.78, 5) is 14.3. The number of thioether (sulfide) groups is 1. The Bertz CT molecular complexity index is 748. The molecule has 0 aliphatic carbocycles. The lowest BCUT2D eigenvalue weighted by Crippen LogP contribution is -2.34. The van der Waals surface area contributed by atoms with Crippen molar-refractivity contribution in [2.45, 2.75) is 24.3 Å². The first-order valence-electron chi connectivity index (χ1n) is 8.54. The van der Waals surface area contributed by atoms with Gasteiger partial charge in [-0.2, -0.15) is 24.9 Å². The van der Waals surface area contributed by atoms with Gasteiger partial charge in [-0.1, -0.05) is 48.5 Å². The number of amides is 1. The number of halogens is 3. The van der Waals surface area contributed by atoms with E-state index in [1.165, 1.54) is 11.6 Å². The molecule has 1 amide bonds. The van der Waals surface area contributed by atoms with Gasteiger partial charge in [0, 0.05) is 24.1 Å². The maximum Gasteiger partial charge on any atom is 0.416 e. The van der Waals surface area contributed by atoms with Gasteiger partial charge >= 0.3 is 6.18 Å². The van der Waals surface area contributed by atoms with Crippen LogP contribution in [0.5, 0.6) is 0 Å². The van der Waals surface area contributed by atoms with Gasteiger partial charge in [-0.15, -0.1) is 0 Å². The lowest BCUT2D eigenvalue weighted by Gasteiger charge is -2.20. The van der Waals surface area contributed by atoms with Gasteiger partial charge in [0.2, 0.25) is 5.91 Å². The summed E-state index contributed by atoms with van der Waals surface area (Å²) in [6, 6.07) is 15.2. The predicted molar refractivity (Wildman–Crippen MR) is 98.0 cm³/mol. The van der Waals surface area contributed by atoms with Crippen LogP contribution in [-0.2, 0) is 17.4 Å². The van der Waals surface area contributed by atoms with E-state index in [2.05, 4.69) is 12.1 Å². The highest BCUT2D eigenvalue weighted by Gasteiger charge is 2.30. The van der Waals surface area contributed by atoms with Crippen molar-refractivity contribution in [3.63, 3.8) is 0 Å². The van der Waals surface area contributed by atoms with Gasteiger partial charge in [-0.25, -0.2) is 0 Å². The van der Waals surface area contributed by atoms with E-state index in [1.807, 2.05) is 30.0 Å². The number of nitrogens with zero attached hydrogens (tertiary/aromatic N) is 1. The number of alkyl halides is 3. The number of benzene rings is 2. The van der Waals surface area contributed by atoms with Crippen molar-refractivity contribution in [3.8, 4) is 0 Å². The summed E-state index contributed by atoms with van der Waals surface area (Å²) in [6.07, 6.45) is -3.53. The van der Waals surface area contributed by atoms with Crippen LogP contribution < -0.4 is 0 Å². The Morgan fingerprint density at radius 3 is 2.58 bits per heavy atom. The molecule has 0 saturated carbocycles. The van der Waals surface area contributed by atoms with Crippen LogP contribution in [0.2, 0.25) is 0 Å². The number of carbonyl (C=O) groups excluding carboxylic acids is 1. The summed E-state index contributed by atoms with van der Waals surface area (Å²) in [5.74, 6) is 0.715. The first-order valence-corrected chi connectivity index (χ1v) is 9.59. The van der Waals surface area contributed by atoms with E-state index in [1.54, 1.807) is 11.0 Å². The number of carbonyl (C=O) groups is 1. The summed E-state index contributed by atoms with van der Waals surface area (Å²) in [5, 5.41) is 0.350. The average molecular weight is 379 g/mol. The Hall–Kier alpha value is -1.95. The van der Waals surface area contributed by atoms with E-state index < -0.39 is 11.7 Å². The van der Waals surface area contributed by atoms with Gasteiger partial charge < -0.3 is 4.90 Å². The number of rotatable bonds is 3. The third-order valence-corrected chi connectivity index (χ3v) is 5.80. The third kappa shape index (κ3) is 4.81. The van der Waals surface area contributed by atoms with Crippen LogP contribution in [0.25, 0.3) is 0 Å². The smallest absolute Gasteiger partial charge is 0.342 e. The molecule has 1 fully saturated rings. The lowest BCUT2D eigenvalue weighted by atomic mass is 10.1. The summed E-state index contributed by atoms with van der Waals surface area (Å²) >= 11 is 1.83. The van der Waals surface area contributed by atoms with E-state index in [0.29, 0.717) is 23.9 Å². The SMILES string of the molecule is O=C(Cc1cccc(C(F)(F)F)c1)N1CCS[C@@H](c2ccccc2)CC1.